The van der Waals surface area contributed by atoms with E-state index in [-0.39, 0.29) is 18.4 Å². The van der Waals surface area contributed by atoms with Crippen LogP contribution in [0.5, 0.6) is 0 Å². The number of carbonyl (C=O) groups excluding carboxylic acids is 2. The number of hydrogen-bond donors (Lipinski definition) is 0. The SMILES string of the molecule is Cc1ccc2ncc(C(=O)N3CCN(C)C(=O)C3)n2n1. The zero-order chi connectivity index (χ0) is 14.3. The van der Waals surface area contributed by atoms with E-state index >= 15 is 0 Å². The van der Waals surface area contributed by atoms with Gasteiger partial charge in [0.15, 0.2) is 11.3 Å². The zero-order valence-corrected chi connectivity index (χ0v) is 11.4. The fraction of sp³-hybridized carbons (Fsp3) is 0.385. The van der Waals surface area contributed by atoms with Gasteiger partial charge in [-0.25, -0.2) is 9.50 Å². The third-order valence-electron chi connectivity index (χ3n) is 3.46. The molecule has 1 aliphatic heterocycles. The van der Waals surface area contributed by atoms with Crippen LogP contribution in [0.2, 0.25) is 0 Å². The van der Waals surface area contributed by atoms with E-state index in [2.05, 4.69) is 10.1 Å². The summed E-state index contributed by atoms with van der Waals surface area (Å²) in [6.07, 6.45) is 1.51. The predicted octanol–water partition coefficient (Wildman–Crippen LogP) is -0.0481. The van der Waals surface area contributed by atoms with Crippen molar-refractivity contribution >= 4 is 17.5 Å². The molecule has 0 bridgehead atoms. The van der Waals surface area contributed by atoms with Gasteiger partial charge in [0, 0.05) is 20.1 Å². The van der Waals surface area contributed by atoms with E-state index in [0.29, 0.717) is 24.4 Å². The summed E-state index contributed by atoms with van der Waals surface area (Å²) in [7, 11) is 1.74. The Morgan fingerprint density at radius 1 is 1.30 bits per heavy atom. The van der Waals surface area contributed by atoms with Crippen LogP contribution < -0.4 is 0 Å². The number of amides is 2. The molecule has 1 fully saturated rings. The maximum atomic E-state index is 12.5. The minimum Gasteiger partial charge on any atom is -0.342 e. The molecule has 2 aromatic heterocycles. The summed E-state index contributed by atoms with van der Waals surface area (Å²) in [6.45, 7) is 3.04. The predicted molar refractivity (Wildman–Crippen MR) is 71.3 cm³/mol. The number of likely N-dealkylation sites (N-methyl/N-ethyl adjacent to an activating group) is 1. The van der Waals surface area contributed by atoms with Gasteiger partial charge in [-0.2, -0.15) is 5.10 Å². The standard InChI is InChI=1S/C13H15N5O2/c1-9-3-4-11-14-7-10(18(11)15-9)13(20)17-6-5-16(2)12(19)8-17/h3-4,7H,5-6,8H2,1-2H3. The van der Waals surface area contributed by atoms with E-state index in [0.717, 1.165) is 5.69 Å². The number of nitrogens with zero attached hydrogens (tertiary/aromatic N) is 5. The summed E-state index contributed by atoms with van der Waals surface area (Å²) >= 11 is 0. The van der Waals surface area contributed by atoms with E-state index in [1.165, 1.54) is 15.6 Å². The molecule has 2 amide bonds. The molecule has 1 saturated heterocycles. The number of imidazole rings is 1. The van der Waals surface area contributed by atoms with Gasteiger partial charge in [0.2, 0.25) is 5.91 Å². The second kappa shape index (κ2) is 4.59. The fourth-order valence-corrected chi connectivity index (χ4v) is 2.20. The van der Waals surface area contributed by atoms with Crippen molar-refractivity contribution in [1.82, 2.24) is 24.4 Å². The first-order chi connectivity index (χ1) is 9.56. The molecule has 7 heteroatoms. The van der Waals surface area contributed by atoms with Crippen LogP contribution >= 0.6 is 0 Å². The summed E-state index contributed by atoms with van der Waals surface area (Å²) in [6, 6.07) is 3.66. The first-order valence-electron chi connectivity index (χ1n) is 6.41. The molecule has 7 nitrogen and oxygen atoms in total. The summed E-state index contributed by atoms with van der Waals surface area (Å²) in [5.74, 6) is -0.264. The number of rotatable bonds is 1. The molecular formula is C13H15N5O2. The molecule has 2 aromatic rings. The summed E-state index contributed by atoms with van der Waals surface area (Å²) in [4.78, 5) is 31.5. The summed E-state index contributed by atoms with van der Waals surface area (Å²) in [5.41, 5.74) is 1.82. The van der Waals surface area contributed by atoms with Crippen molar-refractivity contribution in [2.45, 2.75) is 6.92 Å². The highest BCUT2D eigenvalue weighted by molar-refractivity contribution is 5.96. The van der Waals surface area contributed by atoms with Gasteiger partial charge < -0.3 is 9.80 Å². The topological polar surface area (TPSA) is 70.8 Å². The lowest BCUT2D eigenvalue weighted by Crippen LogP contribution is -2.50. The van der Waals surface area contributed by atoms with Crippen molar-refractivity contribution in [3.63, 3.8) is 0 Å². The van der Waals surface area contributed by atoms with Crippen LogP contribution in [0.1, 0.15) is 16.2 Å². The van der Waals surface area contributed by atoms with Gasteiger partial charge in [-0.1, -0.05) is 0 Å². The Balaban J connectivity index is 1.93. The molecule has 104 valence electrons. The maximum Gasteiger partial charge on any atom is 0.274 e. The van der Waals surface area contributed by atoms with Crippen LogP contribution in [-0.4, -0.2) is 62.9 Å². The quantitative estimate of drug-likeness (QED) is 0.730. The second-order valence-electron chi connectivity index (χ2n) is 4.93. The molecule has 0 spiro atoms. The molecular weight excluding hydrogens is 258 g/mol. The van der Waals surface area contributed by atoms with Gasteiger partial charge in [-0.15, -0.1) is 0 Å². The van der Waals surface area contributed by atoms with E-state index in [9.17, 15) is 9.59 Å². The van der Waals surface area contributed by atoms with Gasteiger partial charge >= 0.3 is 0 Å². The first kappa shape index (κ1) is 12.6. The van der Waals surface area contributed by atoms with Crippen molar-refractivity contribution < 1.29 is 9.59 Å². The number of hydrogen-bond acceptors (Lipinski definition) is 4. The minimum atomic E-state index is -0.211. The van der Waals surface area contributed by atoms with E-state index in [4.69, 9.17) is 0 Å². The lowest BCUT2D eigenvalue weighted by Gasteiger charge is -2.31. The Bertz CT molecular complexity index is 693. The Hall–Kier alpha value is -2.44. The third kappa shape index (κ3) is 2.01. The number of fused-ring (bicyclic) bond motifs is 1. The van der Waals surface area contributed by atoms with E-state index < -0.39 is 0 Å². The highest BCUT2D eigenvalue weighted by Crippen LogP contribution is 2.11. The zero-order valence-electron chi connectivity index (χ0n) is 11.4. The minimum absolute atomic E-state index is 0.0532. The van der Waals surface area contributed by atoms with Crippen molar-refractivity contribution in [2.75, 3.05) is 26.7 Å². The van der Waals surface area contributed by atoms with E-state index in [1.807, 2.05) is 19.1 Å². The summed E-state index contributed by atoms with van der Waals surface area (Å²) < 4.78 is 1.53. The molecule has 0 aliphatic carbocycles. The van der Waals surface area contributed by atoms with Crippen molar-refractivity contribution in [2.24, 2.45) is 0 Å². The second-order valence-corrected chi connectivity index (χ2v) is 4.93. The Morgan fingerprint density at radius 2 is 2.10 bits per heavy atom. The molecule has 0 radical (unpaired) electrons. The molecule has 0 unspecified atom stereocenters. The van der Waals surface area contributed by atoms with Gasteiger partial charge in [0.25, 0.3) is 5.91 Å². The Morgan fingerprint density at radius 3 is 2.85 bits per heavy atom. The summed E-state index contributed by atoms with van der Waals surface area (Å²) in [5, 5.41) is 4.30. The largest absolute Gasteiger partial charge is 0.342 e. The average Bonchev–Trinajstić information content (AvgIpc) is 2.84. The Kier molecular flexibility index (Phi) is 2.89. The number of aromatic nitrogens is 3. The van der Waals surface area contributed by atoms with Crippen molar-refractivity contribution in [1.29, 1.82) is 0 Å². The fourth-order valence-electron chi connectivity index (χ4n) is 2.20. The molecule has 0 atom stereocenters. The molecule has 0 aromatic carbocycles. The van der Waals surface area contributed by atoms with Crippen LogP contribution in [0.25, 0.3) is 5.65 Å². The molecule has 0 saturated carbocycles. The average molecular weight is 273 g/mol. The monoisotopic (exact) mass is 273 g/mol. The van der Waals surface area contributed by atoms with Crippen LogP contribution in [-0.2, 0) is 4.79 Å². The van der Waals surface area contributed by atoms with Crippen LogP contribution in [0.4, 0.5) is 0 Å². The lowest BCUT2D eigenvalue weighted by molar-refractivity contribution is -0.133. The molecule has 0 N–H and O–H groups in total. The third-order valence-corrected chi connectivity index (χ3v) is 3.46. The molecule has 1 aliphatic rings. The van der Waals surface area contributed by atoms with E-state index in [1.54, 1.807) is 11.9 Å². The van der Waals surface area contributed by atoms with Crippen LogP contribution in [0.3, 0.4) is 0 Å². The van der Waals surface area contributed by atoms with Gasteiger partial charge in [-0.05, 0) is 19.1 Å². The molecule has 3 rings (SSSR count). The molecule has 20 heavy (non-hydrogen) atoms. The number of piperazine rings is 1. The number of carbonyl (C=O) groups is 2. The first-order valence-corrected chi connectivity index (χ1v) is 6.41. The highest BCUT2D eigenvalue weighted by Gasteiger charge is 2.27. The maximum absolute atomic E-state index is 12.5. The number of aryl methyl sites for hydroxylation is 1. The lowest BCUT2D eigenvalue weighted by atomic mass is 10.3. The Labute approximate surface area is 115 Å². The van der Waals surface area contributed by atoms with Crippen molar-refractivity contribution in [3.05, 3.63) is 29.7 Å². The smallest absolute Gasteiger partial charge is 0.274 e. The van der Waals surface area contributed by atoms with Gasteiger partial charge in [-0.3, -0.25) is 9.59 Å². The van der Waals surface area contributed by atoms with Crippen LogP contribution in [0.15, 0.2) is 18.3 Å². The molecule has 3 heterocycles. The van der Waals surface area contributed by atoms with Crippen LogP contribution in [0, 0.1) is 6.92 Å². The van der Waals surface area contributed by atoms with Crippen molar-refractivity contribution in [3.8, 4) is 0 Å². The van der Waals surface area contributed by atoms with Gasteiger partial charge in [0.05, 0.1) is 11.9 Å². The van der Waals surface area contributed by atoms with Gasteiger partial charge in [0.1, 0.15) is 6.54 Å². The normalized spacial score (nSPS) is 16.0. The highest BCUT2D eigenvalue weighted by atomic mass is 16.2.